The number of methoxy groups -OCH3 is 2. The van der Waals surface area contributed by atoms with Crippen LogP contribution in [0.4, 0.5) is 4.39 Å². The molecule has 0 amide bonds. The summed E-state index contributed by atoms with van der Waals surface area (Å²) in [4.78, 5) is 19.4. The number of ketones is 1. The topological polar surface area (TPSA) is 69.5 Å². The average molecular weight is 439 g/mol. The highest BCUT2D eigenvalue weighted by molar-refractivity contribution is 6.00. The molecule has 1 aromatic heterocycles. The highest BCUT2D eigenvalue weighted by Crippen LogP contribution is 2.28. The van der Waals surface area contributed by atoms with Gasteiger partial charge in [0.1, 0.15) is 30.0 Å². The van der Waals surface area contributed by atoms with Crippen molar-refractivity contribution in [1.29, 1.82) is 0 Å². The van der Waals surface area contributed by atoms with Crippen molar-refractivity contribution < 1.29 is 18.7 Å². The van der Waals surface area contributed by atoms with Crippen LogP contribution in [0.2, 0.25) is 0 Å². The van der Waals surface area contributed by atoms with E-state index in [1.54, 1.807) is 18.1 Å². The summed E-state index contributed by atoms with van der Waals surface area (Å²) in [6.07, 6.45) is 4.88. The number of halogens is 1. The van der Waals surface area contributed by atoms with Gasteiger partial charge in [-0.3, -0.25) is 9.69 Å². The SMILES string of the molecule is COc1ccc(CN2CCC[C@@H](C(=O)c3cc(F)ccc3OC)C2)cc1Cn1cncn1. The summed E-state index contributed by atoms with van der Waals surface area (Å²) < 4.78 is 26.3. The summed E-state index contributed by atoms with van der Waals surface area (Å²) >= 11 is 0. The fourth-order valence-corrected chi connectivity index (χ4v) is 4.31. The van der Waals surface area contributed by atoms with Crippen molar-refractivity contribution in [1.82, 2.24) is 19.7 Å². The Bertz CT molecular complexity index is 1070. The van der Waals surface area contributed by atoms with Crippen LogP contribution in [-0.4, -0.2) is 52.8 Å². The second kappa shape index (κ2) is 9.91. The number of rotatable bonds is 8. The number of carbonyl (C=O) groups is 1. The Kier molecular flexibility index (Phi) is 6.80. The first kappa shape index (κ1) is 22.0. The van der Waals surface area contributed by atoms with Gasteiger partial charge < -0.3 is 9.47 Å². The molecule has 8 heteroatoms. The largest absolute Gasteiger partial charge is 0.496 e. The van der Waals surface area contributed by atoms with Gasteiger partial charge in [-0.2, -0.15) is 5.10 Å². The predicted octanol–water partition coefficient (Wildman–Crippen LogP) is 3.58. The summed E-state index contributed by atoms with van der Waals surface area (Å²) in [5, 5.41) is 4.18. The molecule has 0 bridgehead atoms. The first-order valence-electron chi connectivity index (χ1n) is 10.7. The van der Waals surface area contributed by atoms with Crippen molar-refractivity contribution in [3.63, 3.8) is 0 Å². The summed E-state index contributed by atoms with van der Waals surface area (Å²) in [6, 6.07) is 10.2. The van der Waals surface area contributed by atoms with Gasteiger partial charge in [0.15, 0.2) is 5.78 Å². The maximum Gasteiger partial charge on any atom is 0.171 e. The van der Waals surface area contributed by atoms with E-state index in [0.29, 0.717) is 24.4 Å². The molecule has 0 N–H and O–H groups in total. The molecule has 1 fully saturated rings. The van der Waals surface area contributed by atoms with Crippen LogP contribution in [0.1, 0.15) is 34.3 Å². The van der Waals surface area contributed by atoms with E-state index in [-0.39, 0.29) is 11.7 Å². The summed E-state index contributed by atoms with van der Waals surface area (Å²) in [5.41, 5.74) is 2.47. The average Bonchev–Trinajstić information content (AvgIpc) is 3.32. The minimum absolute atomic E-state index is 0.0624. The lowest BCUT2D eigenvalue weighted by Crippen LogP contribution is -2.38. The molecule has 2 heterocycles. The van der Waals surface area contributed by atoms with E-state index >= 15 is 0 Å². The van der Waals surface area contributed by atoms with Crippen molar-refractivity contribution >= 4 is 5.78 Å². The zero-order chi connectivity index (χ0) is 22.5. The second-order valence-electron chi connectivity index (χ2n) is 8.02. The first-order chi connectivity index (χ1) is 15.6. The number of nitrogens with zero attached hydrogens (tertiary/aromatic N) is 4. The fourth-order valence-electron chi connectivity index (χ4n) is 4.31. The van der Waals surface area contributed by atoms with E-state index in [2.05, 4.69) is 21.0 Å². The van der Waals surface area contributed by atoms with Gasteiger partial charge >= 0.3 is 0 Å². The van der Waals surface area contributed by atoms with Crippen LogP contribution in [0.5, 0.6) is 11.5 Å². The highest BCUT2D eigenvalue weighted by Gasteiger charge is 2.28. The number of benzene rings is 2. The van der Waals surface area contributed by atoms with Gasteiger partial charge in [-0.25, -0.2) is 14.1 Å². The van der Waals surface area contributed by atoms with E-state index in [4.69, 9.17) is 9.47 Å². The van der Waals surface area contributed by atoms with Crippen molar-refractivity contribution in [2.75, 3.05) is 27.3 Å². The molecular formula is C24H27FN4O3. The maximum absolute atomic E-state index is 13.8. The van der Waals surface area contributed by atoms with E-state index < -0.39 is 5.82 Å². The molecule has 168 valence electrons. The smallest absolute Gasteiger partial charge is 0.171 e. The second-order valence-corrected chi connectivity index (χ2v) is 8.02. The zero-order valence-electron chi connectivity index (χ0n) is 18.3. The number of hydrogen-bond donors (Lipinski definition) is 0. The van der Waals surface area contributed by atoms with Crippen molar-refractivity contribution in [3.05, 3.63) is 71.6 Å². The number of ether oxygens (including phenoxy) is 2. The van der Waals surface area contributed by atoms with E-state index in [1.165, 1.54) is 31.6 Å². The van der Waals surface area contributed by atoms with Gasteiger partial charge in [-0.1, -0.05) is 6.07 Å². The molecule has 4 rings (SSSR count). The monoisotopic (exact) mass is 438 g/mol. The van der Waals surface area contributed by atoms with Crippen LogP contribution >= 0.6 is 0 Å². The Morgan fingerprint density at radius 3 is 2.69 bits per heavy atom. The lowest BCUT2D eigenvalue weighted by molar-refractivity contribution is 0.0808. The van der Waals surface area contributed by atoms with E-state index in [9.17, 15) is 9.18 Å². The lowest BCUT2D eigenvalue weighted by atomic mass is 9.89. The standard InChI is InChI=1S/C24H27FN4O3/c1-31-22-7-5-17(10-19(22)14-29-16-26-15-27-29)12-28-9-3-4-18(13-28)24(30)21-11-20(25)6-8-23(21)32-2/h5-8,10-11,15-16,18H,3-4,9,12-14H2,1-2H3/t18-/m1/s1. The zero-order valence-corrected chi connectivity index (χ0v) is 18.3. The first-order valence-corrected chi connectivity index (χ1v) is 10.7. The van der Waals surface area contributed by atoms with Crippen LogP contribution in [0.25, 0.3) is 0 Å². The Labute approximate surface area is 186 Å². The number of piperidine rings is 1. The molecule has 1 aliphatic rings. The number of hydrogen-bond acceptors (Lipinski definition) is 6. The Morgan fingerprint density at radius 1 is 1.12 bits per heavy atom. The summed E-state index contributed by atoms with van der Waals surface area (Å²) in [7, 11) is 3.15. The van der Waals surface area contributed by atoms with Crippen LogP contribution in [-0.2, 0) is 13.1 Å². The molecular weight excluding hydrogens is 411 g/mol. The van der Waals surface area contributed by atoms with Crippen molar-refractivity contribution in [3.8, 4) is 11.5 Å². The van der Waals surface area contributed by atoms with Gasteiger partial charge in [0.2, 0.25) is 0 Å². The molecule has 2 aromatic carbocycles. The molecule has 0 unspecified atom stereocenters. The molecule has 32 heavy (non-hydrogen) atoms. The van der Waals surface area contributed by atoms with E-state index in [0.717, 1.165) is 42.8 Å². The molecule has 0 radical (unpaired) electrons. The molecule has 7 nitrogen and oxygen atoms in total. The van der Waals surface area contributed by atoms with Crippen LogP contribution < -0.4 is 9.47 Å². The van der Waals surface area contributed by atoms with Gasteiger partial charge in [0.05, 0.1) is 26.3 Å². The minimum Gasteiger partial charge on any atom is -0.496 e. The molecule has 1 aliphatic heterocycles. The third-order valence-corrected chi connectivity index (χ3v) is 5.85. The summed E-state index contributed by atoms with van der Waals surface area (Å²) in [5.74, 6) is 0.538. The van der Waals surface area contributed by atoms with Crippen LogP contribution in [0, 0.1) is 11.7 Å². The third-order valence-electron chi connectivity index (χ3n) is 5.85. The molecule has 0 saturated carbocycles. The molecule has 0 spiro atoms. The van der Waals surface area contributed by atoms with Gasteiger partial charge in [0, 0.05) is 24.6 Å². The van der Waals surface area contributed by atoms with Gasteiger partial charge in [-0.05, 0) is 55.3 Å². The lowest BCUT2D eigenvalue weighted by Gasteiger charge is -2.32. The Hall–Kier alpha value is -3.26. The molecule has 1 saturated heterocycles. The predicted molar refractivity (Wildman–Crippen MR) is 117 cm³/mol. The number of aromatic nitrogens is 3. The number of carbonyl (C=O) groups excluding carboxylic acids is 1. The van der Waals surface area contributed by atoms with Crippen molar-refractivity contribution in [2.45, 2.75) is 25.9 Å². The number of likely N-dealkylation sites (tertiary alicyclic amines) is 1. The van der Waals surface area contributed by atoms with Crippen LogP contribution in [0.15, 0.2) is 49.1 Å². The minimum atomic E-state index is -0.431. The van der Waals surface area contributed by atoms with E-state index in [1.807, 2.05) is 12.1 Å². The molecule has 3 aromatic rings. The van der Waals surface area contributed by atoms with Gasteiger partial charge in [0.25, 0.3) is 0 Å². The Balaban J connectivity index is 1.47. The fraction of sp³-hybridized carbons (Fsp3) is 0.375. The van der Waals surface area contributed by atoms with Gasteiger partial charge in [-0.15, -0.1) is 0 Å². The summed E-state index contributed by atoms with van der Waals surface area (Å²) in [6.45, 7) is 2.83. The maximum atomic E-state index is 13.8. The third kappa shape index (κ3) is 4.96. The normalized spacial score (nSPS) is 16.7. The number of Topliss-reactive ketones (excluding diaryl/α,β-unsaturated/α-hetero) is 1. The van der Waals surface area contributed by atoms with Crippen LogP contribution in [0.3, 0.4) is 0 Å². The molecule has 1 atom stereocenters. The quantitative estimate of drug-likeness (QED) is 0.501. The highest BCUT2D eigenvalue weighted by atomic mass is 19.1. The van der Waals surface area contributed by atoms with Crippen molar-refractivity contribution in [2.24, 2.45) is 5.92 Å². The Morgan fingerprint density at radius 2 is 1.94 bits per heavy atom. The molecule has 0 aliphatic carbocycles.